The molecule has 1 heterocycles. The van der Waals surface area contributed by atoms with Gasteiger partial charge in [-0.2, -0.15) is 5.10 Å². The third-order valence-electron chi connectivity index (χ3n) is 2.35. The number of carbonyl (C=O) groups is 1. The molecule has 2 rings (SSSR count). The van der Waals surface area contributed by atoms with E-state index in [2.05, 4.69) is 10.4 Å². The van der Waals surface area contributed by atoms with Crippen LogP contribution in [0, 0.1) is 6.92 Å². The van der Waals surface area contributed by atoms with Gasteiger partial charge in [-0.05, 0) is 24.6 Å². The summed E-state index contributed by atoms with van der Waals surface area (Å²) in [6.45, 7) is 1.96. The van der Waals surface area contributed by atoms with Crippen molar-refractivity contribution in [3.05, 3.63) is 41.7 Å². The minimum atomic E-state index is -0.297. The number of nitrogens with zero attached hydrogens (tertiary/aromatic N) is 2. The number of nitrogens with two attached hydrogens (primary N) is 1. The van der Waals surface area contributed by atoms with Gasteiger partial charge in [-0.25, -0.2) is 0 Å². The third-order valence-corrected chi connectivity index (χ3v) is 2.35. The summed E-state index contributed by atoms with van der Waals surface area (Å²) in [5, 5.41) is 6.77. The predicted octanol–water partition coefficient (Wildman–Crippen LogP) is 1.56. The highest BCUT2D eigenvalue weighted by atomic mass is 16.2. The molecule has 1 amide bonds. The van der Waals surface area contributed by atoms with Crippen LogP contribution in [-0.4, -0.2) is 15.7 Å². The lowest BCUT2D eigenvalue weighted by atomic mass is 10.2. The van der Waals surface area contributed by atoms with E-state index in [9.17, 15) is 4.79 Å². The maximum absolute atomic E-state index is 11.9. The molecule has 1 aromatic heterocycles. The van der Waals surface area contributed by atoms with Crippen molar-refractivity contribution in [2.24, 2.45) is 7.05 Å². The van der Waals surface area contributed by atoms with Crippen molar-refractivity contribution >= 4 is 17.3 Å². The van der Waals surface area contributed by atoms with Crippen molar-refractivity contribution in [2.75, 3.05) is 11.1 Å². The Kier molecular flexibility index (Phi) is 2.82. The lowest BCUT2D eigenvalue weighted by Gasteiger charge is -2.04. The molecule has 5 nitrogen and oxygen atoms in total. The van der Waals surface area contributed by atoms with Gasteiger partial charge in [-0.15, -0.1) is 0 Å². The molecule has 1 aromatic carbocycles. The van der Waals surface area contributed by atoms with Crippen LogP contribution >= 0.6 is 0 Å². The highest BCUT2D eigenvalue weighted by molar-refractivity contribution is 6.06. The van der Waals surface area contributed by atoms with Crippen molar-refractivity contribution in [1.82, 2.24) is 9.78 Å². The van der Waals surface area contributed by atoms with Crippen molar-refractivity contribution in [1.29, 1.82) is 0 Å². The van der Waals surface area contributed by atoms with Crippen LogP contribution in [-0.2, 0) is 7.05 Å². The Bertz CT molecular complexity index is 559. The van der Waals surface area contributed by atoms with Crippen molar-refractivity contribution < 1.29 is 4.79 Å². The number of nitrogens with one attached hydrogen (secondary N) is 1. The number of hydrogen-bond acceptors (Lipinski definition) is 3. The average Bonchev–Trinajstić information content (AvgIpc) is 2.58. The number of amides is 1. The van der Waals surface area contributed by atoms with Crippen LogP contribution in [0.5, 0.6) is 0 Å². The molecule has 0 saturated carbocycles. The van der Waals surface area contributed by atoms with Gasteiger partial charge in [0.2, 0.25) is 0 Å². The molecule has 0 radical (unpaired) electrons. The Hall–Kier alpha value is -2.30. The number of carbonyl (C=O) groups excluding carboxylic acids is 1. The van der Waals surface area contributed by atoms with Crippen LogP contribution in [0.15, 0.2) is 30.5 Å². The molecule has 0 aliphatic rings. The van der Waals surface area contributed by atoms with Gasteiger partial charge < -0.3 is 11.1 Å². The standard InChI is InChI=1S/C12H14N4O/c1-8-4-3-5-9(6-8)14-12(17)11-10(13)7-16(2)15-11/h3-7H,13H2,1-2H3,(H,14,17). The summed E-state index contributed by atoms with van der Waals surface area (Å²) in [6.07, 6.45) is 1.60. The second-order valence-electron chi connectivity index (χ2n) is 3.93. The molecule has 17 heavy (non-hydrogen) atoms. The molecular formula is C12H14N4O. The molecule has 88 valence electrons. The minimum Gasteiger partial charge on any atom is -0.396 e. The molecule has 0 bridgehead atoms. The van der Waals surface area contributed by atoms with Crippen molar-refractivity contribution in [2.45, 2.75) is 6.92 Å². The van der Waals surface area contributed by atoms with Gasteiger partial charge in [0.15, 0.2) is 5.69 Å². The summed E-state index contributed by atoms with van der Waals surface area (Å²) in [7, 11) is 1.72. The normalized spacial score (nSPS) is 10.2. The number of aryl methyl sites for hydroxylation is 2. The first-order valence-electron chi connectivity index (χ1n) is 5.23. The number of aromatic nitrogens is 2. The number of hydrogen-bond donors (Lipinski definition) is 2. The van der Waals surface area contributed by atoms with Gasteiger partial charge in [0, 0.05) is 18.9 Å². The molecule has 0 saturated heterocycles. The zero-order chi connectivity index (χ0) is 12.4. The second-order valence-corrected chi connectivity index (χ2v) is 3.93. The fourth-order valence-corrected chi connectivity index (χ4v) is 1.60. The maximum atomic E-state index is 11.9. The molecule has 5 heteroatoms. The topological polar surface area (TPSA) is 72.9 Å². The quantitative estimate of drug-likeness (QED) is 0.822. The Morgan fingerprint density at radius 3 is 2.82 bits per heavy atom. The zero-order valence-electron chi connectivity index (χ0n) is 9.77. The largest absolute Gasteiger partial charge is 0.396 e. The molecule has 0 unspecified atom stereocenters. The molecule has 3 N–H and O–H groups in total. The highest BCUT2D eigenvalue weighted by Crippen LogP contribution is 2.13. The van der Waals surface area contributed by atoms with E-state index in [0.717, 1.165) is 11.3 Å². The zero-order valence-corrected chi connectivity index (χ0v) is 9.77. The Morgan fingerprint density at radius 1 is 1.47 bits per heavy atom. The molecular weight excluding hydrogens is 216 g/mol. The van der Waals surface area contributed by atoms with Gasteiger partial charge in [-0.3, -0.25) is 9.48 Å². The fraction of sp³-hybridized carbons (Fsp3) is 0.167. The monoisotopic (exact) mass is 230 g/mol. The van der Waals surface area contributed by atoms with Gasteiger partial charge in [0.05, 0.1) is 5.69 Å². The van der Waals surface area contributed by atoms with Crippen LogP contribution in [0.2, 0.25) is 0 Å². The summed E-state index contributed by atoms with van der Waals surface area (Å²) in [5.74, 6) is -0.297. The first kappa shape index (κ1) is 11.2. The van der Waals surface area contributed by atoms with E-state index >= 15 is 0 Å². The van der Waals surface area contributed by atoms with Gasteiger partial charge in [-0.1, -0.05) is 12.1 Å². The predicted molar refractivity (Wildman–Crippen MR) is 66.8 cm³/mol. The summed E-state index contributed by atoms with van der Waals surface area (Å²) in [4.78, 5) is 11.9. The lowest BCUT2D eigenvalue weighted by Crippen LogP contribution is -2.14. The van der Waals surface area contributed by atoms with Crippen molar-refractivity contribution in [3.8, 4) is 0 Å². The Balaban J connectivity index is 2.20. The summed E-state index contributed by atoms with van der Waals surface area (Å²) < 4.78 is 1.51. The average molecular weight is 230 g/mol. The Morgan fingerprint density at radius 2 is 2.24 bits per heavy atom. The number of nitrogen functional groups attached to an aromatic ring is 1. The van der Waals surface area contributed by atoms with E-state index in [0.29, 0.717) is 5.69 Å². The fourth-order valence-electron chi connectivity index (χ4n) is 1.60. The van der Waals surface area contributed by atoms with Gasteiger partial charge in [0.1, 0.15) is 0 Å². The molecule has 2 aromatic rings. The first-order chi connectivity index (χ1) is 8.06. The maximum Gasteiger partial charge on any atom is 0.278 e. The lowest BCUT2D eigenvalue weighted by molar-refractivity contribution is 0.102. The molecule has 0 spiro atoms. The first-order valence-corrected chi connectivity index (χ1v) is 5.23. The van der Waals surface area contributed by atoms with E-state index in [4.69, 9.17) is 5.73 Å². The SMILES string of the molecule is Cc1cccc(NC(=O)c2nn(C)cc2N)c1. The van der Waals surface area contributed by atoms with Crippen LogP contribution in [0.25, 0.3) is 0 Å². The van der Waals surface area contributed by atoms with Crippen LogP contribution in [0.4, 0.5) is 11.4 Å². The molecule has 0 aliphatic heterocycles. The van der Waals surface area contributed by atoms with Gasteiger partial charge >= 0.3 is 0 Å². The molecule has 0 atom stereocenters. The van der Waals surface area contributed by atoms with E-state index < -0.39 is 0 Å². The smallest absolute Gasteiger partial charge is 0.278 e. The van der Waals surface area contributed by atoms with E-state index in [-0.39, 0.29) is 11.6 Å². The number of benzene rings is 1. The molecule has 0 fully saturated rings. The highest BCUT2D eigenvalue weighted by Gasteiger charge is 2.13. The van der Waals surface area contributed by atoms with Gasteiger partial charge in [0.25, 0.3) is 5.91 Å². The number of anilines is 2. The van der Waals surface area contributed by atoms with Crippen LogP contribution in [0.1, 0.15) is 16.1 Å². The summed E-state index contributed by atoms with van der Waals surface area (Å²) in [6, 6.07) is 7.55. The van der Waals surface area contributed by atoms with E-state index in [1.807, 2.05) is 31.2 Å². The van der Waals surface area contributed by atoms with E-state index in [1.165, 1.54) is 4.68 Å². The second kappa shape index (κ2) is 4.29. The van der Waals surface area contributed by atoms with Crippen LogP contribution < -0.4 is 11.1 Å². The van der Waals surface area contributed by atoms with Crippen LogP contribution in [0.3, 0.4) is 0 Å². The minimum absolute atomic E-state index is 0.244. The van der Waals surface area contributed by atoms with E-state index in [1.54, 1.807) is 13.2 Å². The number of rotatable bonds is 2. The third kappa shape index (κ3) is 2.44. The van der Waals surface area contributed by atoms with Crippen molar-refractivity contribution in [3.63, 3.8) is 0 Å². The summed E-state index contributed by atoms with van der Waals surface area (Å²) in [5.41, 5.74) is 8.12. The Labute approximate surface area is 99.2 Å². The molecule has 0 aliphatic carbocycles. The summed E-state index contributed by atoms with van der Waals surface area (Å²) >= 11 is 0.